The molecule has 0 saturated carbocycles. The van der Waals surface area contributed by atoms with Crippen LogP contribution in [-0.2, 0) is 17.8 Å². The summed E-state index contributed by atoms with van der Waals surface area (Å²) < 4.78 is 1.67. The summed E-state index contributed by atoms with van der Waals surface area (Å²) in [6.45, 7) is 0.542. The Morgan fingerprint density at radius 1 is 0.900 bits per heavy atom. The number of hydrogen-bond acceptors (Lipinski definition) is 3. The molecule has 0 aliphatic rings. The van der Waals surface area contributed by atoms with Crippen molar-refractivity contribution in [1.29, 1.82) is 0 Å². The first-order valence-electron chi connectivity index (χ1n) is 9.68. The Morgan fingerprint density at radius 2 is 1.60 bits per heavy atom. The summed E-state index contributed by atoms with van der Waals surface area (Å²) in [7, 11) is 0. The van der Waals surface area contributed by atoms with Gasteiger partial charge in [0, 0.05) is 17.1 Å². The number of hydrogen-bond donors (Lipinski definition) is 1. The van der Waals surface area contributed by atoms with Crippen LogP contribution >= 0.6 is 11.6 Å². The zero-order chi connectivity index (χ0) is 20.9. The van der Waals surface area contributed by atoms with Gasteiger partial charge in [-0.25, -0.2) is 4.98 Å². The van der Waals surface area contributed by atoms with Gasteiger partial charge in [0.15, 0.2) is 5.82 Å². The van der Waals surface area contributed by atoms with Crippen LogP contribution in [-0.4, -0.2) is 27.8 Å². The van der Waals surface area contributed by atoms with Gasteiger partial charge in [-0.15, -0.1) is 0 Å². The number of para-hydroxylation sites is 2. The second kappa shape index (κ2) is 8.93. The molecule has 1 amide bonds. The molecule has 0 spiro atoms. The zero-order valence-corrected chi connectivity index (χ0v) is 17.0. The molecule has 0 atom stereocenters. The fourth-order valence-electron chi connectivity index (χ4n) is 3.33. The molecule has 30 heavy (non-hydrogen) atoms. The van der Waals surface area contributed by atoms with E-state index in [2.05, 4.69) is 10.3 Å². The van der Waals surface area contributed by atoms with Crippen LogP contribution < -0.4 is 5.32 Å². The van der Waals surface area contributed by atoms with Gasteiger partial charge in [0.05, 0.1) is 11.0 Å². The number of rotatable bonds is 7. The monoisotopic (exact) mass is 417 g/mol. The summed E-state index contributed by atoms with van der Waals surface area (Å²) in [5.41, 5.74) is 3.05. The van der Waals surface area contributed by atoms with Crippen molar-refractivity contribution in [3.8, 4) is 0 Å². The first-order chi connectivity index (χ1) is 14.6. The van der Waals surface area contributed by atoms with E-state index in [-0.39, 0.29) is 24.1 Å². The third kappa shape index (κ3) is 4.42. The van der Waals surface area contributed by atoms with Crippen LogP contribution in [0.25, 0.3) is 11.0 Å². The van der Waals surface area contributed by atoms with Crippen LogP contribution in [0.5, 0.6) is 0 Å². The highest BCUT2D eigenvalue weighted by molar-refractivity contribution is 6.30. The number of aromatic nitrogens is 2. The summed E-state index contributed by atoms with van der Waals surface area (Å²) in [5.74, 6) is -0.184. The van der Waals surface area contributed by atoms with Crippen molar-refractivity contribution in [3.63, 3.8) is 0 Å². The molecule has 5 nitrogen and oxygen atoms in total. The maximum atomic E-state index is 13.1. The molecule has 0 fully saturated rings. The Bertz CT molecular complexity index is 1180. The topological polar surface area (TPSA) is 64.0 Å². The molecule has 0 aliphatic carbocycles. The molecule has 1 heterocycles. The van der Waals surface area contributed by atoms with E-state index < -0.39 is 0 Å². The first kappa shape index (κ1) is 19.9. The van der Waals surface area contributed by atoms with E-state index in [0.717, 1.165) is 17.5 Å². The van der Waals surface area contributed by atoms with Gasteiger partial charge >= 0.3 is 0 Å². The molecule has 1 aromatic heterocycles. The van der Waals surface area contributed by atoms with E-state index >= 15 is 0 Å². The Hall–Kier alpha value is -3.44. The number of ketones is 1. The van der Waals surface area contributed by atoms with E-state index in [0.29, 0.717) is 22.6 Å². The normalized spacial score (nSPS) is 10.8. The van der Waals surface area contributed by atoms with Gasteiger partial charge in [-0.1, -0.05) is 54.1 Å². The van der Waals surface area contributed by atoms with Crippen molar-refractivity contribution in [2.75, 3.05) is 6.54 Å². The highest BCUT2D eigenvalue weighted by Gasteiger charge is 2.20. The van der Waals surface area contributed by atoms with Gasteiger partial charge in [0.1, 0.15) is 6.54 Å². The van der Waals surface area contributed by atoms with Gasteiger partial charge in [-0.05, 0) is 48.4 Å². The van der Waals surface area contributed by atoms with E-state index in [1.807, 2.05) is 54.6 Å². The van der Waals surface area contributed by atoms with Gasteiger partial charge < -0.3 is 9.88 Å². The smallest absolute Gasteiger partial charge is 0.240 e. The minimum atomic E-state index is -0.250. The van der Waals surface area contributed by atoms with Crippen molar-refractivity contribution in [3.05, 3.63) is 101 Å². The molecule has 0 bridgehead atoms. The predicted octanol–water partition coefficient (Wildman–Crippen LogP) is 4.28. The predicted molar refractivity (Wildman–Crippen MR) is 118 cm³/mol. The molecule has 4 aromatic rings. The Kier molecular flexibility index (Phi) is 5.91. The standard InChI is InChI=1S/C24H20ClN3O2/c25-19-12-10-18(11-13-19)23(30)24-27-20-8-4-5-9-21(20)28(24)16-22(29)26-15-14-17-6-2-1-3-7-17/h1-13H,14-16H2,(H,26,29). The molecule has 3 aromatic carbocycles. The Labute approximate surface area is 179 Å². The molecule has 0 radical (unpaired) electrons. The highest BCUT2D eigenvalue weighted by Crippen LogP contribution is 2.19. The lowest BCUT2D eigenvalue weighted by Gasteiger charge is -2.10. The zero-order valence-electron chi connectivity index (χ0n) is 16.2. The van der Waals surface area contributed by atoms with Crippen LogP contribution in [0.2, 0.25) is 5.02 Å². The lowest BCUT2D eigenvalue weighted by atomic mass is 10.1. The van der Waals surface area contributed by atoms with Gasteiger partial charge in [-0.2, -0.15) is 0 Å². The molecule has 150 valence electrons. The molecular weight excluding hydrogens is 398 g/mol. The van der Waals surface area contributed by atoms with Crippen molar-refractivity contribution in [1.82, 2.24) is 14.9 Å². The fraction of sp³-hybridized carbons (Fsp3) is 0.125. The largest absolute Gasteiger partial charge is 0.354 e. The molecule has 1 N–H and O–H groups in total. The number of benzene rings is 3. The lowest BCUT2D eigenvalue weighted by molar-refractivity contribution is -0.121. The van der Waals surface area contributed by atoms with Crippen LogP contribution in [0, 0.1) is 0 Å². The number of imidazole rings is 1. The molecule has 0 aliphatic heterocycles. The second-order valence-electron chi connectivity index (χ2n) is 6.93. The Balaban J connectivity index is 1.55. The van der Waals surface area contributed by atoms with Crippen molar-refractivity contribution in [2.24, 2.45) is 0 Å². The summed E-state index contributed by atoms with van der Waals surface area (Å²) >= 11 is 5.93. The van der Waals surface area contributed by atoms with Crippen LogP contribution in [0.1, 0.15) is 21.7 Å². The van der Waals surface area contributed by atoms with Gasteiger partial charge in [-0.3, -0.25) is 9.59 Å². The molecular formula is C24H20ClN3O2. The number of amides is 1. The third-order valence-electron chi connectivity index (χ3n) is 4.84. The number of fused-ring (bicyclic) bond motifs is 1. The van der Waals surface area contributed by atoms with E-state index in [1.54, 1.807) is 28.8 Å². The van der Waals surface area contributed by atoms with E-state index in [9.17, 15) is 9.59 Å². The second-order valence-corrected chi connectivity index (χ2v) is 7.37. The molecule has 6 heteroatoms. The van der Waals surface area contributed by atoms with E-state index in [4.69, 9.17) is 11.6 Å². The van der Waals surface area contributed by atoms with Crippen molar-refractivity contribution < 1.29 is 9.59 Å². The maximum Gasteiger partial charge on any atom is 0.240 e. The number of nitrogens with zero attached hydrogens (tertiary/aromatic N) is 2. The average Bonchev–Trinajstić information content (AvgIpc) is 3.13. The summed E-state index contributed by atoms with van der Waals surface area (Å²) in [6, 6.07) is 24.0. The number of nitrogens with one attached hydrogen (secondary N) is 1. The molecule has 0 saturated heterocycles. The van der Waals surface area contributed by atoms with Gasteiger partial charge in [0.25, 0.3) is 0 Å². The molecule has 4 rings (SSSR count). The highest BCUT2D eigenvalue weighted by atomic mass is 35.5. The number of carbonyl (C=O) groups excluding carboxylic acids is 2. The minimum Gasteiger partial charge on any atom is -0.354 e. The van der Waals surface area contributed by atoms with Crippen LogP contribution in [0.3, 0.4) is 0 Å². The quantitative estimate of drug-likeness (QED) is 0.456. The van der Waals surface area contributed by atoms with Crippen molar-refractivity contribution >= 4 is 34.3 Å². The maximum absolute atomic E-state index is 13.1. The van der Waals surface area contributed by atoms with Crippen molar-refractivity contribution in [2.45, 2.75) is 13.0 Å². The number of halogens is 1. The Morgan fingerprint density at radius 3 is 2.37 bits per heavy atom. The fourth-order valence-corrected chi connectivity index (χ4v) is 3.46. The van der Waals surface area contributed by atoms with Gasteiger partial charge in [0.2, 0.25) is 11.7 Å². The molecule has 0 unspecified atom stereocenters. The third-order valence-corrected chi connectivity index (χ3v) is 5.10. The van der Waals surface area contributed by atoms with Crippen LogP contribution in [0.15, 0.2) is 78.9 Å². The summed E-state index contributed by atoms with van der Waals surface area (Å²) in [6.07, 6.45) is 0.744. The summed E-state index contributed by atoms with van der Waals surface area (Å²) in [4.78, 5) is 30.2. The summed E-state index contributed by atoms with van der Waals surface area (Å²) in [5, 5.41) is 3.48. The SMILES string of the molecule is O=C(Cn1c(C(=O)c2ccc(Cl)cc2)nc2ccccc21)NCCc1ccccc1. The van der Waals surface area contributed by atoms with E-state index in [1.165, 1.54) is 0 Å². The van der Waals surface area contributed by atoms with Crippen LogP contribution in [0.4, 0.5) is 0 Å². The lowest BCUT2D eigenvalue weighted by Crippen LogP contribution is -2.30. The average molecular weight is 418 g/mol. The minimum absolute atomic E-state index is 0.0178. The number of carbonyl (C=O) groups is 2. The first-order valence-corrected chi connectivity index (χ1v) is 10.1.